The first-order valence-corrected chi connectivity index (χ1v) is 7.64. The Labute approximate surface area is 147 Å². The summed E-state index contributed by atoms with van der Waals surface area (Å²) >= 11 is 9.16. The topological polar surface area (TPSA) is 54.0 Å². The van der Waals surface area contributed by atoms with E-state index >= 15 is 0 Å². The Morgan fingerprint density at radius 1 is 0.957 bits per heavy atom. The average molecular weight is 402 g/mol. The summed E-state index contributed by atoms with van der Waals surface area (Å²) in [7, 11) is 4.44. The zero-order valence-electron chi connectivity index (χ0n) is 12.7. The molecule has 0 amide bonds. The molecule has 2 rings (SSSR count). The van der Waals surface area contributed by atoms with Crippen LogP contribution in [0.3, 0.4) is 0 Å². The molecule has 0 saturated carbocycles. The molecule has 122 valence electrons. The van der Waals surface area contributed by atoms with Crippen LogP contribution in [0, 0.1) is 0 Å². The molecule has 0 unspecified atom stereocenters. The predicted octanol–water partition coefficient (Wildman–Crippen LogP) is 4.35. The molecule has 0 N–H and O–H groups in total. The normalized spacial score (nSPS) is 10.1. The maximum atomic E-state index is 12.4. The highest BCUT2D eigenvalue weighted by atomic mass is 79.9. The van der Waals surface area contributed by atoms with Crippen molar-refractivity contribution in [2.24, 2.45) is 0 Å². The number of methoxy groups -OCH3 is 3. The Morgan fingerprint density at radius 2 is 1.57 bits per heavy atom. The highest BCUT2D eigenvalue weighted by Crippen LogP contribution is 2.38. The lowest BCUT2D eigenvalue weighted by atomic mass is 10.2. The number of rotatable bonds is 5. The molecule has 0 radical (unpaired) electrons. The zero-order valence-corrected chi connectivity index (χ0v) is 15.0. The van der Waals surface area contributed by atoms with Crippen LogP contribution in [0.2, 0.25) is 5.02 Å². The van der Waals surface area contributed by atoms with Crippen molar-refractivity contribution in [2.45, 2.75) is 0 Å². The molecule has 0 aliphatic rings. The van der Waals surface area contributed by atoms with Crippen molar-refractivity contribution < 1.29 is 23.7 Å². The second-order valence-electron chi connectivity index (χ2n) is 4.38. The van der Waals surface area contributed by atoms with Gasteiger partial charge in [-0.25, -0.2) is 4.79 Å². The van der Waals surface area contributed by atoms with Crippen molar-refractivity contribution >= 4 is 33.5 Å². The predicted molar refractivity (Wildman–Crippen MR) is 90.2 cm³/mol. The fraction of sp³-hybridized carbons (Fsp3) is 0.188. The highest BCUT2D eigenvalue weighted by molar-refractivity contribution is 9.10. The third-order valence-corrected chi connectivity index (χ3v) is 3.85. The van der Waals surface area contributed by atoms with E-state index in [1.165, 1.54) is 33.5 Å². The molecule has 2 aromatic rings. The summed E-state index contributed by atoms with van der Waals surface area (Å²) in [6.45, 7) is 0. The van der Waals surface area contributed by atoms with Crippen LogP contribution in [0.5, 0.6) is 23.0 Å². The first-order valence-electron chi connectivity index (χ1n) is 6.47. The number of ether oxygens (including phenoxy) is 4. The van der Waals surface area contributed by atoms with Crippen molar-refractivity contribution in [3.63, 3.8) is 0 Å². The Kier molecular flexibility index (Phi) is 5.74. The molecule has 0 aliphatic heterocycles. The van der Waals surface area contributed by atoms with Gasteiger partial charge in [0.25, 0.3) is 0 Å². The minimum Gasteiger partial charge on any atom is -0.493 e. The van der Waals surface area contributed by atoms with Crippen LogP contribution in [0.4, 0.5) is 0 Å². The first kappa shape index (κ1) is 17.4. The van der Waals surface area contributed by atoms with Crippen molar-refractivity contribution in [3.05, 3.63) is 45.4 Å². The Bertz CT molecular complexity index is 707. The molecule has 0 saturated heterocycles. The van der Waals surface area contributed by atoms with Crippen LogP contribution >= 0.6 is 27.5 Å². The third kappa shape index (κ3) is 3.89. The molecule has 0 aliphatic carbocycles. The third-order valence-electron chi connectivity index (χ3n) is 3.00. The van der Waals surface area contributed by atoms with E-state index in [2.05, 4.69) is 15.9 Å². The zero-order chi connectivity index (χ0) is 17.0. The second kappa shape index (κ2) is 7.57. The van der Waals surface area contributed by atoms with Gasteiger partial charge in [-0.2, -0.15) is 0 Å². The molecule has 0 heterocycles. The molecule has 2 aromatic carbocycles. The SMILES string of the molecule is COc1cc(C(=O)Oc2ccc(Cl)cc2Br)cc(OC)c1OC. The van der Waals surface area contributed by atoms with Crippen molar-refractivity contribution in [3.8, 4) is 23.0 Å². The molecule has 5 nitrogen and oxygen atoms in total. The Hall–Kier alpha value is -1.92. The van der Waals surface area contributed by atoms with Gasteiger partial charge in [-0.1, -0.05) is 11.6 Å². The number of benzene rings is 2. The van der Waals surface area contributed by atoms with E-state index in [4.69, 9.17) is 30.5 Å². The smallest absolute Gasteiger partial charge is 0.343 e. The summed E-state index contributed by atoms with van der Waals surface area (Å²) < 4.78 is 21.6. The van der Waals surface area contributed by atoms with E-state index < -0.39 is 5.97 Å². The molecule has 0 spiro atoms. The van der Waals surface area contributed by atoms with Gasteiger partial charge in [0.05, 0.1) is 31.4 Å². The average Bonchev–Trinajstić information content (AvgIpc) is 2.55. The summed E-state index contributed by atoms with van der Waals surface area (Å²) in [6.07, 6.45) is 0. The van der Waals surface area contributed by atoms with E-state index in [1.807, 2.05) is 0 Å². The van der Waals surface area contributed by atoms with Crippen LogP contribution < -0.4 is 18.9 Å². The molecule has 7 heteroatoms. The number of halogens is 2. The van der Waals surface area contributed by atoms with Gasteiger partial charge in [0.1, 0.15) is 5.75 Å². The van der Waals surface area contributed by atoms with Gasteiger partial charge in [-0.15, -0.1) is 0 Å². The molecule has 0 fully saturated rings. The number of esters is 1. The quantitative estimate of drug-likeness (QED) is 0.551. The molecular formula is C16H14BrClO5. The lowest BCUT2D eigenvalue weighted by molar-refractivity contribution is 0.0732. The molecule has 0 aromatic heterocycles. The van der Waals surface area contributed by atoms with Crippen LogP contribution in [-0.2, 0) is 0 Å². The van der Waals surface area contributed by atoms with Crippen molar-refractivity contribution in [1.82, 2.24) is 0 Å². The van der Waals surface area contributed by atoms with Gasteiger partial charge in [-0.05, 0) is 46.3 Å². The van der Waals surface area contributed by atoms with Gasteiger partial charge in [0, 0.05) is 5.02 Å². The number of hydrogen-bond acceptors (Lipinski definition) is 5. The summed E-state index contributed by atoms with van der Waals surface area (Å²) in [6, 6.07) is 7.91. The standard InChI is InChI=1S/C16H14BrClO5/c1-20-13-6-9(7-14(21-2)15(13)22-3)16(19)23-12-5-4-10(18)8-11(12)17/h4-8H,1-3H3. The van der Waals surface area contributed by atoms with Crippen LogP contribution in [-0.4, -0.2) is 27.3 Å². The van der Waals surface area contributed by atoms with Crippen molar-refractivity contribution in [1.29, 1.82) is 0 Å². The molecule has 0 atom stereocenters. The van der Waals surface area contributed by atoms with Gasteiger partial charge < -0.3 is 18.9 Å². The van der Waals surface area contributed by atoms with E-state index in [0.717, 1.165) is 0 Å². The fourth-order valence-electron chi connectivity index (χ4n) is 1.92. The highest BCUT2D eigenvalue weighted by Gasteiger charge is 2.19. The maximum Gasteiger partial charge on any atom is 0.343 e. The van der Waals surface area contributed by atoms with Gasteiger partial charge in [0.2, 0.25) is 5.75 Å². The number of carbonyl (C=O) groups is 1. The molecular weight excluding hydrogens is 388 g/mol. The van der Waals surface area contributed by atoms with E-state index in [-0.39, 0.29) is 5.56 Å². The molecule has 23 heavy (non-hydrogen) atoms. The van der Waals surface area contributed by atoms with Crippen LogP contribution in [0.25, 0.3) is 0 Å². The van der Waals surface area contributed by atoms with E-state index in [9.17, 15) is 4.79 Å². The van der Waals surface area contributed by atoms with Crippen LogP contribution in [0.15, 0.2) is 34.8 Å². The van der Waals surface area contributed by atoms with Crippen molar-refractivity contribution in [2.75, 3.05) is 21.3 Å². The number of carbonyl (C=O) groups excluding carboxylic acids is 1. The van der Waals surface area contributed by atoms with E-state index in [0.29, 0.717) is 32.5 Å². The van der Waals surface area contributed by atoms with Crippen LogP contribution in [0.1, 0.15) is 10.4 Å². The second-order valence-corrected chi connectivity index (χ2v) is 5.67. The summed E-state index contributed by atoms with van der Waals surface area (Å²) in [4.78, 5) is 12.4. The summed E-state index contributed by atoms with van der Waals surface area (Å²) in [5.41, 5.74) is 0.265. The minimum atomic E-state index is -0.563. The Balaban J connectivity index is 2.35. The fourth-order valence-corrected chi connectivity index (χ4v) is 2.68. The van der Waals surface area contributed by atoms with E-state index in [1.54, 1.807) is 18.2 Å². The monoisotopic (exact) mass is 400 g/mol. The summed E-state index contributed by atoms with van der Waals surface area (Å²) in [5, 5.41) is 0.532. The lowest BCUT2D eigenvalue weighted by Gasteiger charge is -2.14. The summed E-state index contributed by atoms with van der Waals surface area (Å²) in [5.74, 6) is 0.933. The Morgan fingerprint density at radius 3 is 2.04 bits per heavy atom. The number of hydrogen-bond donors (Lipinski definition) is 0. The minimum absolute atomic E-state index is 0.265. The molecule has 0 bridgehead atoms. The van der Waals surface area contributed by atoms with Gasteiger partial charge >= 0.3 is 5.97 Å². The van der Waals surface area contributed by atoms with Gasteiger partial charge in [-0.3, -0.25) is 0 Å². The lowest BCUT2D eigenvalue weighted by Crippen LogP contribution is -2.10. The maximum absolute atomic E-state index is 12.4. The first-order chi connectivity index (χ1) is 11.0. The van der Waals surface area contributed by atoms with Gasteiger partial charge in [0.15, 0.2) is 11.5 Å². The largest absolute Gasteiger partial charge is 0.493 e.